The summed E-state index contributed by atoms with van der Waals surface area (Å²) in [7, 11) is 0. The van der Waals surface area contributed by atoms with Crippen molar-refractivity contribution in [2.45, 2.75) is 33.0 Å². The lowest BCUT2D eigenvalue weighted by atomic mass is 10.0. The van der Waals surface area contributed by atoms with Crippen LogP contribution in [0.1, 0.15) is 34.0 Å². The molecule has 0 aliphatic carbocycles. The molecule has 4 heterocycles. The highest BCUT2D eigenvalue weighted by Crippen LogP contribution is 2.31. The number of aryl methyl sites for hydroxylation is 1. The van der Waals surface area contributed by atoms with Crippen LogP contribution in [-0.2, 0) is 19.1 Å². The van der Waals surface area contributed by atoms with E-state index in [1.165, 1.54) is 6.07 Å². The fraction of sp³-hybridized carbons (Fsp3) is 0.263. The fourth-order valence-electron chi connectivity index (χ4n) is 3.26. The number of H-pyrrole nitrogens is 1. The van der Waals surface area contributed by atoms with E-state index in [1.807, 2.05) is 32.2 Å². The van der Waals surface area contributed by atoms with Crippen LogP contribution < -0.4 is 0 Å². The van der Waals surface area contributed by atoms with Crippen molar-refractivity contribution in [2.24, 2.45) is 0 Å². The number of alkyl halides is 3. The Morgan fingerprint density at radius 2 is 2.00 bits per heavy atom. The number of aromatic amines is 1. The van der Waals surface area contributed by atoms with E-state index < -0.39 is 11.9 Å². The number of hydrogen-bond donors (Lipinski definition) is 1. The van der Waals surface area contributed by atoms with Gasteiger partial charge >= 0.3 is 6.18 Å². The standard InChI is InChI=1S/C19H17F3N4O/c1-11-16(8-13-9-24-18-15(13)4-3-7-23-18)12(2)26(25-11)10-14-5-6-17(27-14)19(20,21)22/h3-7,9H,8,10H2,1-2H3,(H,23,24). The van der Waals surface area contributed by atoms with E-state index in [2.05, 4.69) is 15.1 Å². The number of rotatable bonds is 4. The van der Waals surface area contributed by atoms with E-state index in [9.17, 15) is 13.2 Å². The van der Waals surface area contributed by atoms with Crippen molar-refractivity contribution in [3.63, 3.8) is 0 Å². The summed E-state index contributed by atoms with van der Waals surface area (Å²) >= 11 is 0. The highest BCUT2D eigenvalue weighted by atomic mass is 19.4. The molecule has 5 nitrogen and oxygen atoms in total. The molecular weight excluding hydrogens is 357 g/mol. The molecule has 0 radical (unpaired) electrons. The first-order chi connectivity index (χ1) is 12.8. The number of furan rings is 1. The Balaban J connectivity index is 1.61. The van der Waals surface area contributed by atoms with Crippen LogP contribution in [0.25, 0.3) is 11.0 Å². The summed E-state index contributed by atoms with van der Waals surface area (Å²) in [5.74, 6) is -0.777. The summed E-state index contributed by atoms with van der Waals surface area (Å²) in [5, 5.41) is 5.53. The van der Waals surface area contributed by atoms with Crippen molar-refractivity contribution in [3.8, 4) is 0 Å². The molecule has 0 aliphatic rings. The molecule has 0 bridgehead atoms. The summed E-state index contributed by atoms with van der Waals surface area (Å²) in [6.45, 7) is 3.96. The van der Waals surface area contributed by atoms with Gasteiger partial charge in [-0.25, -0.2) is 4.98 Å². The van der Waals surface area contributed by atoms with Gasteiger partial charge in [0.05, 0.1) is 12.2 Å². The monoisotopic (exact) mass is 374 g/mol. The maximum Gasteiger partial charge on any atom is 0.449 e. The molecule has 0 saturated carbocycles. The third kappa shape index (κ3) is 3.22. The second-order valence-electron chi connectivity index (χ2n) is 6.46. The Labute approximate surface area is 152 Å². The fourth-order valence-corrected chi connectivity index (χ4v) is 3.26. The molecule has 0 fully saturated rings. The van der Waals surface area contributed by atoms with E-state index in [4.69, 9.17) is 4.42 Å². The molecule has 140 valence electrons. The van der Waals surface area contributed by atoms with E-state index in [0.29, 0.717) is 6.42 Å². The van der Waals surface area contributed by atoms with Crippen molar-refractivity contribution >= 4 is 11.0 Å². The first-order valence-electron chi connectivity index (χ1n) is 8.42. The van der Waals surface area contributed by atoms with E-state index >= 15 is 0 Å². The highest BCUT2D eigenvalue weighted by molar-refractivity contribution is 5.79. The molecule has 0 spiro atoms. The molecule has 0 aliphatic heterocycles. The number of halogens is 3. The minimum Gasteiger partial charge on any atom is -0.455 e. The number of pyridine rings is 1. The second kappa shape index (κ2) is 6.29. The van der Waals surface area contributed by atoms with E-state index in [0.717, 1.165) is 39.6 Å². The van der Waals surface area contributed by atoms with Crippen LogP contribution in [0.5, 0.6) is 0 Å². The molecule has 0 atom stereocenters. The smallest absolute Gasteiger partial charge is 0.449 e. The van der Waals surface area contributed by atoms with Crippen LogP contribution in [0.3, 0.4) is 0 Å². The Kier molecular flexibility index (Phi) is 4.05. The van der Waals surface area contributed by atoms with Gasteiger partial charge in [-0.05, 0) is 43.7 Å². The molecule has 0 unspecified atom stereocenters. The Hall–Kier alpha value is -3.03. The van der Waals surface area contributed by atoms with Crippen LogP contribution in [0, 0.1) is 13.8 Å². The summed E-state index contributed by atoms with van der Waals surface area (Å²) in [6.07, 6.45) is -0.164. The quantitative estimate of drug-likeness (QED) is 0.567. The zero-order chi connectivity index (χ0) is 19.2. The van der Waals surface area contributed by atoms with Crippen LogP contribution in [0.2, 0.25) is 0 Å². The minimum atomic E-state index is -4.48. The number of nitrogens with zero attached hydrogens (tertiary/aromatic N) is 3. The van der Waals surface area contributed by atoms with Gasteiger partial charge in [0.2, 0.25) is 5.76 Å². The lowest BCUT2D eigenvalue weighted by Crippen LogP contribution is -2.05. The number of fused-ring (bicyclic) bond motifs is 1. The van der Waals surface area contributed by atoms with Crippen molar-refractivity contribution in [1.29, 1.82) is 0 Å². The lowest BCUT2D eigenvalue weighted by molar-refractivity contribution is -0.153. The topological polar surface area (TPSA) is 59.6 Å². The van der Waals surface area contributed by atoms with E-state index in [-0.39, 0.29) is 12.3 Å². The summed E-state index contributed by atoms with van der Waals surface area (Å²) in [4.78, 5) is 7.44. The molecule has 0 saturated heterocycles. The Bertz CT molecular complexity index is 1100. The van der Waals surface area contributed by atoms with Crippen molar-refractivity contribution in [1.82, 2.24) is 19.7 Å². The van der Waals surface area contributed by atoms with Crippen LogP contribution >= 0.6 is 0 Å². The van der Waals surface area contributed by atoms with Gasteiger partial charge in [0, 0.05) is 35.5 Å². The summed E-state index contributed by atoms with van der Waals surface area (Å²) in [5.41, 5.74) is 4.71. The number of aromatic nitrogens is 4. The largest absolute Gasteiger partial charge is 0.455 e. The van der Waals surface area contributed by atoms with Gasteiger partial charge in [-0.3, -0.25) is 4.68 Å². The molecule has 4 aromatic rings. The highest BCUT2D eigenvalue weighted by Gasteiger charge is 2.34. The summed E-state index contributed by atoms with van der Waals surface area (Å²) < 4.78 is 44.7. The Morgan fingerprint density at radius 3 is 2.74 bits per heavy atom. The summed E-state index contributed by atoms with van der Waals surface area (Å²) in [6, 6.07) is 6.17. The van der Waals surface area contributed by atoms with Crippen molar-refractivity contribution < 1.29 is 17.6 Å². The second-order valence-corrected chi connectivity index (χ2v) is 6.46. The average molecular weight is 374 g/mol. The molecular formula is C19H17F3N4O. The van der Waals surface area contributed by atoms with Crippen molar-refractivity contribution in [2.75, 3.05) is 0 Å². The van der Waals surface area contributed by atoms with E-state index in [1.54, 1.807) is 10.9 Å². The van der Waals surface area contributed by atoms with Gasteiger partial charge in [-0.1, -0.05) is 0 Å². The molecule has 0 aromatic carbocycles. The molecule has 4 aromatic heterocycles. The first-order valence-corrected chi connectivity index (χ1v) is 8.42. The third-order valence-corrected chi connectivity index (χ3v) is 4.68. The minimum absolute atomic E-state index is 0.151. The maximum atomic E-state index is 12.7. The number of hydrogen-bond acceptors (Lipinski definition) is 3. The molecule has 4 rings (SSSR count). The van der Waals surface area contributed by atoms with Gasteiger partial charge in [0.1, 0.15) is 11.4 Å². The number of nitrogens with one attached hydrogen (secondary N) is 1. The third-order valence-electron chi connectivity index (χ3n) is 4.68. The lowest BCUT2D eigenvalue weighted by Gasteiger charge is -2.05. The average Bonchev–Trinajstić information content (AvgIpc) is 3.30. The zero-order valence-corrected chi connectivity index (χ0v) is 14.8. The van der Waals surface area contributed by atoms with Gasteiger partial charge in [0.15, 0.2) is 0 Å². The molecule has 0 amide bonds. The maximum absolute atomic E-state index is 12.7. The van der Waals surface area contributed by atoms with Crippen LogP contribution in [0.4, 0.5) is 13.2 Å². The normalized spacial score (nSPS) is 12.2. The predicted octanol–water partition coefficient (Wildman–Crippen LogP) is 4.63. The molecule has 8 heteroatoms. The molecule has 27 heavy (non-hydrogen) atoms. The van der Waals surface area contributed by atoms with Crippen molar-refractivity contribution in [3.05, 3.63) is 70.7 Å². The first kappa shape index (κ1) is 17.4. The van der Waals surface area contributed by atoms with Gasteiger partial charge in [-0.15, -0.1) is 0 Å². The predicted molar refractivity (Wildman–Crippen MR) is 93.4 cm³/mol. The van der Waals surface area contributed by atoms with Crippen LogP contribution in [0.15, 0.2) is 41.1 Å². The SMILES string of the molecule is Cc1nn(Cc2ccc(C(F)(F)F)o2)c(C)c1Cc1c[nH]c2ncccc12. The van der Waals surface area contributed by atoms with Crippen LogP contribution in [-0.4, -0.2) is 19.7 Å². The van der Waals surface area contributed by atoms with Gasteiger partial charge < -0.3 is 9.40 Å². The van der Waals surface area contributed by atoms with Gasteiger partial charge in [0.25, 0.3) is 0 Å². The zero-order valence-electron chi connectivity index (χ0n) is 14.8. The Morgan fingerprint density at radius 1 is 1.19 bits per heavy atom. The molecule has 1 N–H and O–H groups in total. The van der Waals surface area contributed by atoms with Gasteiger partial charge in [-0.2, -0.15) is 18.3 Å².